The molecule has 0 aromatic carbocycles. The zero-order valence-corrected chi connectivity index (χ0v) is 10.5. The van der Waals surface area contributed by atoms with Gasteiger partial charge in [-0.25, -0.2) is 9.97 Å². The number of hydrogen-bond acceptors (Lipinski definition) is 7. The van der Waals surface area contributed by atoms with Gasteiger partial charge in [0.1, 0.15) is 11.5 Å². The minimum Gasteiger partial charge on any atom is -0.369 e. The van der Waals surface area contributed by atoms with Crippen molar-refractivity contribution in [2.24, 2.45) is 0 Å². The molecule has 8 nitrogen and oxygen atoms in total. The summed E-state index contributed by atoms with van der Waals surface area (Å²) in [6, 6.07) is 0. The lowest BCUT2D eigenvalue weighted by molar-refractivity contribution is 0.0948. The highest BCUT2D eigenvalue weighted by Gasteiger charge is 2.08. The maximum Gasteiger partial charge on any atom is 0.271 e. The van der Waals surface area contributed by atoms with Gasteiger partial charge in [-0.1, -0.05) is 5.16 Å². The van der Waals surface area contributed by atoms with Crippen LogP contribution in [0.5, 0.6) is 0 Å². The van der Waals surface area contributed by atoms with Crippen molar-refractivity contribution in [2.75, 3.05) is 18.4 Å². The van der Waals surface area contributed by atoms with Crippen LogP contribution in [0, 0.1) is 0 Å². The molecule has 2 rings (SSSR count). The Morgan fingerprint density at radius 1 is 1.32 bits per heavy atom. The second-order valence-electron chi connectivity index (χ2n) is 3.66. The summed E-state index contributed by atoms with van der Waals surface area (Å²) in [6.07, 6.45) is 4.76. The number of aromatic nitrogens is 4. The van der Waals surface area contributed by atoms with Crippen LogP contribution in [0.3, 0.4) is 0 Å². The van der Waals surface area contributed by atoms with E-state index in [0.29, 0.717) is 24.7 Å². The summed E-state index contributed by atoms with van der Waals surface area (Å²) in [4.78, 5) is 23.7. The van der Waals surface area contributed by atoms with Crippen molar-refractivity contribution in [2.45, 2.75) is 13.3 Å². The minimum absolute atomic E-state index is 0.271. The number of amides is 1. The topological polar surface area (TPSA) is 106 Å². The van der Waals surface area contributed by atoms with Gasteiger partial charge in [0.05, 0.1) is 12.4 Å². The van der Waals surface area contributed by atoms with Gasteiger partial charge in [0.2, 0.25) is 5.89 Å². The van der Waals surface area contributed by atoms with Crippen molar-refractivity contribution in [1.29, 1.82) is 0 Å². The van der Waals surface area contributed by atoms with E-state index in [0.717, 1.165) is 6.54 Å². The molecule has 0 fully saturated rings. The van der Waals surface area contributed by atoms with Crippen LogP contribution >= 0.6 is 0 Å². The fraction of sp³-hybridized carbons (Fsp3) is 0.364. The monoisotopic (exact) mass is 262 g/mol. The van der Waals surface area contributed by atoms with Crippen molar-refractivity contribution in [1.82, 2.24) is 25.4 Å². The molecule has 0 atom stereocenters. The molecule has 8 heteroatoms. The third-order valence-electron chi connectivity index (χ3n) is 2.27. The average molecular weight is 262 g/mol. The predicted molar refractivity (Wildman–Crippen MR) is 66.5 cm³/mol. The number of anilines is 1. The first-order chi connectivity index (χ1) is 9.29. The molecule has 0 bridgehead atoms. The summed E-state index contributed by atoms with van der Waals surface area (Å²) >= 11 is 0. The number of rotatable bonds is 6. The number of carbonyl (C=O) groups excluding carboxylic acids is 1. The van der Waals surface area contributed by atoms with E-state index in [1.165, 1.54) is 18.7 Å². The van der Waals surface area contributed by atoms with E-state index in [2.05, 4.69) is 30.7 Å². The van der Waals surface area contributed by atoms with E-state index < -0.39 is 0 Å². The van der Waals surface area contributed by atoms with E-state index in [-0.39, 0.29) is 11.6 Å². The highest BCUT2D eigenvalue weighted by molar-refractivity contribution is 5.91. The van der Waals surface area contributed by atoms with Gasteiger partial charge in [0.25, 0.3) is 5.91 Å². The zero-order chi connectivity index (χ0) is 13.5. The smallest absolute Gasteiger partial charge is 0.271 e. The van der Waals surface area contributed by atoms with Gasteiger partial charge in [-0.2, -0.15) is 4.98 Å². The van der Waals surface area contributed by atoms with Crippen LogP contribution in [-0.2, 0) is 6.42 Å². The third-order valence-corrected chi connectivity index (χ3v) is 2.27. The minimum atomic E-state index is -0.282. The Morgan fingerprint density at radius 2 is 2.21 bits per heavy atom. The Balaban J connectivity index is 1.82. The Labute approximate surface area is 109 Å². The molecule has 2 aromatic rings. The van der Waals surface area contributed by atoms with Gasteiger partial charge >= 0.3 is 0 Å². The molecule has 0 aliphatic rings. The molecule has 0 saturated heterocycles. The van der Waals surface area contributed by atoms with Gasteiger partial charge in [-0.05, 0) is 6.92 Å². The van der Waals surface area contributed by atoms with E-state index in [1.807, 2.05) is 6.92 Å². The molecule has 2 heterocycles. The largest absolute Gasteiger partial charge is 0.369 e. The fourth-order valence-corrected chi connectivity index (χ4v) is 1.40. The molecule has 0 radical (unpaired) electrons. The molecule has 0 unspecified atom stereocenters. The summed E-state index contributed by atoms with van der Waals surface area (Å²) in [6.45, 7) is 3.11. The van der Waals surface area contributed by atoms with Gasteiger partial charge in [-0.3, -0.25) is 4.79 Å². The first-order valence-electron chi connectivity index (χ1n) is 5.89. The van der Waals surface area contributed by atoms with Crippen molar-refractivity contribution in [3.63, 3.8) is 0 Å². The zero-order valence-electron chi connectivity index (χ0n) is 10.5. The lowest BCUT2D eigenvalue weighted by atomic mass is 10.3. The fourth-order valence-electron chi connectivity index (χ4n) is 1.40. The van der Waals surface area contributed by atoms with Gasteiger partial charge in [-0.15, -0.1) is 0 Å². The molecule has 0 spiro atoms. The maximum absolute atomic E-state index is 11.7. The number of carbonyl (C=O) groups is 1. The second-order valence-corrected chi connectivity index (χ2v) is 3.66. The van der Waals surface area contributed by atoms with Crippen LogP contribution in [0.15, 0.2) is 23.2 Å². The number of hydrogen-bond donors (Lipinski definition) is 2. The van der Waals surface area contributed by atoms with Crippen molar-refractivity contribution in [3.8, 4) is 0 Å². The normalized spacial score (nSPS) is 10.2. The first kappa shape index (κ1) is 12.9. The molecule has 2 N–H and O–H groups in total. The summed E-state index contributed by atoms with van der Waals surface area (Å²) in [5.41, 5.74) is 0.271. The molecule has 2 aromatic heterocycles. The van der Waals surface area contributed by atoms with Crippen LogP contribution < -0.4 is 10.6 Å². The molecule has 0 aliphatic heterocycles. The highest BCUT2D eigenvalue weighted by atomic mass is 16.5. The third kappa shape index (κ3) is 3.73. The molecule has 1 amide bonds. The summed E-state index contributed by atoms with van der Waals surface area (Å²) < 4.78 is 4.81. The molecule has 100 valence electrons. The summed E-state index contributed by atoms with van der Waals surface area (Å²) in [5, 5.41) is 9.18. The van der Waals surface area contributed by atoms with Crippen molar-refractivity contribution >= 4 is 11.7 Å². The Morgan fingerprint density at radius 3 is 2.84 bits per heavy atom. The van der Waals surface area contributed by atoms with E-state index in [1.54, 1.807) is 0 Å². The van der Waals surface area contributed by atoms with Crippen LogP contribution in [0.25, 0.3) is 0 Å². The second kappa shape index (κ2) is 6.43. The van der Waals surface area contributed by atoms with Crippen LogP contribution in [0.1, 0.15) is 23.3 Å². The molecule has 0 aliphatic carbocycles. The Bertz CT molecular complexity index is 510. The van der Waals surface area contributed by atoms with Crippen molar-refractivity contribution in [3.05, 3.63) is 30.3 Å². The maximum atomic E-state index is 11.7. The standard InChI is InChI=1S/C11H14N6O2/c1-2-12-9-6-14-8(5-15-9)11(18)13-4-3-10-16-7-17-19-10/h5-7H,2-4H2,1H3,(H,12,15)(H,13,18). The van der Waals surface area contributed by atoms with E-state index in [9.17, 15) is 4.79 Å². The lowest BCUT2D eigenvalue weighted by Crippen LogP contribution is -2.26. The van der Waals surface area contributed by atoms with E-state index >= 15 is 0 Å². The van der Waals surface area contributed by atoms with Crippen molar-refractivity contribution < 1.29 is 9.32 Å². The number of nitrogens with one attached hydrogen (secondary N) is 2. The SMILES string of the molecule is CCNc1cnc(C(=O)NCCc2ncno2)cn1. The molecular weight excluding hydrogens is 248 g/mol. The Kier molecular flexibility index (Phi) is 4.38. The van der Waals surface area contributed by atoms with Crippen LogP contribution in [0.2, 0.25) is 0 Å². The highest BCUT2D eigenvalue weighted by Crippen LogP contribution is 2.00. The van der Waals surface area contributed by atoms with Gasteiger partial charge < -0.3 is 15.2 Å². The summed E-state index contributed by atoms with van der Waals surface area (Å²) in [7, 11) is 0. The molecule has 0 saturated carbocycles. The van der Waals surface area contributed by atoms with Crippen LogP contribution in [-0.4, -0.2) is 39.1 Å². The predicted octanol–water partition coefficient (Wildman–Crippen LogP) is 0.264. The first-order valence-corrected chi connectivity index (χ1v) is 5.89. The average Bonchev–Trinajstić information content (AvgIpc) is 2.93. The Hall–Kier alpha value is -2.51. The summed E-state index contributed by atoms with van der Waals surface area (Å²) in [5.74, 6) is 0.842. The van der Waals surface area contributed by atoms with E-state index in [4.69, 9.17) is 4.52 Å². The quantitative estimate of drug-likeness (QED) is 0.769. The molecular formula is C11H14N6O2. The van der Waals surface area contributed by atoms with Crippen LogP contribution in [0.4, 0.5) is 5.82 Å². The number of nitrogens with zero attached hydrogens (tertiary/aromatic N) is 4. The van der Waals surface area contributed by atoms with Gasteiger partial charge in [0, 0.05) is 19.5 Å². The lowest BCUT2D eigenvalue weighted by Gasteiger charge is -2.04. The van der Waals surface area contributed by atoms with Gasteiger partial charge in [0.15, 0.2) is 6.33 Å². The molecule has 19 heavy (non-hydrogen) atoms.